The fourth-order valence-electron chi connectivity index (χ4n) is 3.65. The zero-order valence-corrected chi connectivity index (χ0v) is 16.7. The Morgan fingerprint density at radius 1 is 1.00 bits per heavy atom. The molecule has 1 fully saturated rings. The minimum Gasteiger partial charge on any atom is -0.454 e. The third-order valence-electron chi connectivity index (χ3n) is 5.42. The van der Waals surface area contributed by atoms with Crippen LogP contribution in [0.2, 0.25) is 0 Å². The molecule has 0 saturated carbocycles. The Labute approximate surface area is 174 Å². The summed E-state index contributed by atoms with van der Waals surface area (Å²) in [6.07, 6.45) is 0. The molecule has 2 aliphatic rings. The highest BCUT2D eigenvalue weighted by molar-refractivity contribution is 5.95. The first-order valence-corrected chi connectivity index (χ1v) is 9.96. The highest BCUT2D eigenvalue weighted by atomic mass is 16.7. The molecule has 0 aliphatic carbocycles. The van der Waals surface area contributed by atoms with Crippen LogP contribution in [-0.4, -0.2) is 58.8 Å². The minimum atomic E-state index is 0.00685. The molecule has 2 aromatic carbocycles. The molecular formula is C22H22N4O4. The summed E-state index contributed by atoms with van der Waals surface area (Å²) in [6, 6.07) is 13.4. The number of carbonyl (C=O) groups is 1. The molecule has 0 radical (unpaired) electrons. The molecule has 1 amide bonds. The lowest BCUT2D eigenvalue weighted by atomic mass is 10.1. The third-order valence-corrected chi connectivity index (χ3v) is 5.42. The number of benzene rings is 2. The molecule has 1 saturated heterocycles. The first-order chi connectivity index (χ1) is 14.7. The molecule has 8 nitrogen and oxygen atoms in total. The van der Waals surface area contributed by atoms with Crippen molar-refractivity contribution in [2.75, 3.05) is 33.0 Å². The molecule has 0 N–H and O–H groups in total. The first kappa shape index (κ1) is 18.6. The van der Waals surface area contributed by atoms with Crippen LogP contribution >= 0.6 is 0 Å². The van der Waals surface area contributed by atoms with Gasteiger partial charge in [-0.1, -0.05) is 35.0 Å². The van der Waals surface area contributed by atoms with Crippen molar-refractivity contribution < 1.29 is 18.8 Å². The largest absolute Gasteiger partial charge is 0.454 e. The number of piperazine rings is 1. The van der Waals surface area contributed by atoms with E-state index in [1.807, 2.05) is 36.1 Å². The molecule has 154 valence electrons. The Hall–Kier alpha value is -3.39. The van der Waals surface area contributed by atoms with Crippen LogP contribution in [-0.2, 0) is 6.54 Å². The van der Waals surface area contributed by atoms with Crippen molar-refractivity contribution in [1.29, 1.82) is 0 Å². The van der Waals surface area contributed by atoms with E-state index in [9.17, 15) is 4.79 Å². The van der Waals surface area contributed by atoms with E-state index in [2.05, 4.69) is 15.0 Å². The van der Waals surface area contributed by atoms with Gasteiger partial charge in [0, 0.05) is 37.3 Å². The van der Waals surface area contributed by atoms with Gasteiger partial charge in [-0.3, -0.25) is 9.69 Å². The highest BCUT2D eigenvalue weighted by Gasteiger charge is 2.25. The number of hydrogen-bond donors (Lipinski definition) is 0. The predicted molar refractivity (Wildman–Crippen MR) is 108 cm³/mol. The Morgan fingerprint density at radius 3 is 2.57 bits per heavy atom. The summed E-state index contributed by atoms with van der Waals surface area (Å²) in [5.41, 5.74) is 2.75. The van der Waals surface area contributed by atoms with Crippen LogP contribution in [0.5, 0.6) is 11.5 Å². The summed E-state index contributed by atoms with van der Waals surface area (Å²) < 4.78 is 16.1. The molecule has 0 atom stereocenters. The van der Waals surface area contributed by atoms with Crippen LogP contribution in [0.3, 0.4) is 0 Å². The van der Waals surface area contributed by atoms with E-state index < -0.39 is 0 Å². The van der Waals surface area contributed by atoms with Gasteiger partial charge in [-0.2, -0.15) is 4.98 Å². The van der Waals surface area contributed by atoms with Crippen molar-refractivity contribution in [3.05, 3.63) is 59.5 Å². The zero-order chi connectivity index (χ0) is 20.5. The molecule has 0 unspecified atom stereocenters. The topological polar surface area (TPSA) is 80.9 Å². The molecule has 0 bridgehead atoms. The van der Waals surface area contributed by atoms with Gasteiger partial charge in [-0.15, -0.1) is 0 Å². The molecule has 3 heterocycles. The number of ether oxygens (including phenoxy) is 2. The average Bonchev–Trinajstić information content (AvgIpc) is 3.43. The van der Waals surface area contributed by atoms with E-state index >= 15 is 0 Å². The van der Waals surface area contributed by atoms with Gasteiger partial charge in [0.05, 0.1) is 6.54 Å². The minimum absolute atomic E-state index is 0.00685. The van der Waals surface area contributed by atoms with Gasteiger partial charge < -0.3 is 18.9 Å². The molecule has 0 spiro atoms. The van der Waals surface area contributed by atoms with Gasteiger partial charge in [0.15, 0.2) is 11.5 Å². The van der Waals surface area contributed by atoms with Crippen LogP contribution in [0, 0.1) is 6.92 Å². The van der Waals surface area contributed by atoms with Crippen molar-refractivity contribution in [2.45, 2.75) is 13.5 Å². The van der Waals surface area contributed by atoms with E-state index in [4.69, 9.17) is 14.0 Å². The maximum Gasteiger partial charge on any atom is 0.254 e. The molecule has 8 heteroatoms. The van der Waals surface area contributed by atoms with Crippen molar-refractivity contribution >= 4 is 5.91 Å². The number of hydrogen-bond acceptors (Lipinski definition) is 7. The van der Waals surface area contributed by atoms with Crippen molar-refractivity contribution in [1.82, 2.24) is 19.9 Å². The normalized spacial score (nSPS) is 16.1. The van der Waals surface area contributed by atoms with E-state index in [1.165, 1.54) is 5.56 Å². The summed E-state index contributed by atoms with van der Waals surface area (Å²) in [5.74, 6) is 2.50. The maximum atomic E-state index is 12.8. The van der Waals surface area contributed by atoms with Crippen LogP contribution in [0.25, 0.3) is 11.4 Å². The standard InChI is InChI=1S/C22H22N4O4/c1-15-2-4-16(5-3-15)21-23-20(30-24-21)13-25-8-10-26(11-9-25)22(27)17-6-7-18-19(12-17)29-14-28-18/h2-7,12H,8-11,13-14H2,1H3. The number of aromatic nitrogens is 2. The Balaban J connectivity index is 1.17. The summed E-state index contributed by atoms with van der Waals surface area (Å²) >= 11 is 0. The summed E-state index contributed by atoms with van der Waals surface area (Å²) in [7, 11) is 0. The number of aryl methyl sites for hydroxylation is 1. The second-order valence-electron chi connectivity index (χ2n) is 7.51. The molecule has 3 aromatic rings. The second-order valence-corrected chi connectivity index (χ2v) is 7.51. The molecular weight excluding hydrogens is 384 g/mol. The predicted octanol–water partition coefficient (Wildman–Crippen LogP) is 2.73. The molecule has 30 heavy (non-hydrogen) atoms. The first-order valence-electron chi connectivity index (χ1n) is 9.96. The lowest BCUT2D eigenvalue weighted by Gasteiger charge is -2.34. The average molecular weight is 406 g/mol. The van der Waals surface area contributed by atoms with Gasteiger partial charge in [-0.05, 0) is 25.1 Å². The van der Waals surface area contributed by atoms with Crippen molar-refractivity contribution in [3.63, 3.8) is 0 Å². The Morgan fingerprint density at radius 2 is 1.77 bits per heavy atom. The Bertz CT molecular complexity index is 1060. The fraction of sp³-hybridized carbons (Fsp3) is 0.318. The van der Waals surface area contributed by atoms with E-state index in [0.29, 0.717) is 48.4 Å². The zero-order valence-electron chi connectivity index (χ0n) is 16.7. The highest BCUT2D eigenvalue weighted by Crippen LogP contribution is 2.32. The lowest BCUT2D eigenvalue weighted by molar-refractivity contribution is 0.0614. The smallest absolute Gasteiger partial charge is 0.254 e. The Kier molecular flexibility index (Phi) is 4.84. The van der Waals surface area contributed by atoms with Crippen LogP contribution < -0.4 is 9.47 Å². The molecule has 1 aromatic heterocycles. The van der Waals surface area contributed by atoms with Gasteiger partial charge in [-0.25, -0.2) is 0 Å². The van der Waals surface area contributed by atoms with Crippen LogP contribution in [0.4, 0.5) is 0 Å². The monoisotopic (exact) mass is 406 g/mol. The number of carbonyl (C=O) groups excluding carboxylic acids is 1. The van der Waals surface area contributed by atoms with E-state index in [-0.39, 0.29) is 12.7 Å². The second kappa shape index (κ2) is 7.79. The van der Waals surface area contributed by atoms with E-state index in [1.54, 1.807) is 18.2 Å². The quantitative estimate of drug-likeness (QED) is 0.659. The number of fused-ring (bicyclic) bond motifs is 1. The van der Waals surface area contributed by atoms with E-state index in [0.717, 1.165) is 18.7 Å². The number of amides is 1. The SMILES string of the molecule is Cc1ccc(-c2noc(CN3CCN(C(=O)c4ccc5c(c4)OCO5)CC3)n2)cc1. The van der Waals surface area contributed by atoms with Crippen LogP contribution in [0.1, 0.15) is 21.8 Å². The van der Waals surface area contributed by atoms with Gasteiger partial charge in [0.1, 0.15) is 0 Å². The van der Waals surface area contributed by atoms with Crippen molar-refractivity contribution in [3.8, 4) is 22.9 Å². The van der Waals surface area contributed by atoms with Crippen LogP contribution in [0.15, 0.2) is 47.0 Å². The van der Waals surface area contributed by atoms with Gasteiger partial charge in [0.2, 0.25) is 18.5 Å². The summed E-state index contributed by atoms with van der Waals surface area (Å²) in [4.78, 5) is 21.4. The molecule has 2 aliphatic heterocycles. The number of nitrogens with zero attached hydrogens (tertiary/aromatic N) is 4. The third kappa shape index (κ3) is 3.73. The maximum absolute atomic E-state index is 12.8. The molecule has 5 rings (SSSR count). The lowest BCUT2D eigenvalue weighted by Crippen LogP contribution is -2.48. The van der Waals surface area contributed by atoms with Crippen molar-refractivity contribution in [2.24, 2.45) is 0 Å². The fourth-order valence-corrected chi connectivity index (χ4v) is 3.65. The summed E-state index contributed by atoms with van der Waals surface area (Å²) in [5, 5.41) is 4.09. The van der Waals surface area contributed by atoms with Gasteiger partial charge in [0.25, 0.3) is 5.91 Å². The summed E-state index contributed by atoms with van der Waals surface area (Å²) in [6.45, 7) is 5.61. The number of rotatable bonds is 4. The van der Waals surface area contributed by atoms with Gasteiger partial charge >= 0.3 is 0 Å².